The van der Waals surface area contributed by atoms with Gasteiger partial charge in [-0.3, -0.25) is 19.4 Å². The number of pyridine rings is 1. The molecule has 10 aromatic carbocycles. The van der Waals surface area contributed by atoms with E-state index >= 15 is 0 Å². The molecule has 24 heteroatoms. The van der Waals surface area contributed by atoms with E-state index in [9.17, 15) is 14.4 Å². The molecular weight excluding hydrogens is 1680 g/mol. The highest BCUT2D eigenvalue weighted by atomic mass is 16.5. The van der Waals surface area contributed by atoms with E-state index in [0.29, 0.717) is 64.2 Å². The first-order valence-electron chi connectivity index (χ1n) is 47.4. The lowest BCUT2D eigenvalue weighted by molar-refractivity contribution is -0.129. The van der Waals surface area contributed by atoms with Gasteiger partial charge in [0.05, 0.1) is 37.8 Å². The van der Waals surface area contributed by atoms with Gasteiger partial charge in [-0.25, -0.2) is 0 Å². The maximum Gasteiger partial charge on any atom is 0.270 e. The van der Waals surface area contributed by atoms with E-state index in [4.69, 9.17) is 35.3 Å². The number of nitrogens with one attached hydrogen (secondary N) is 10. The number of piperidine rings is 1. The van der Waals surface area contributed by atoms with E-state index in [2.05, 4.69) is 301 Å². The van der Waals surface area contributed by atoms with Gasteiger partial charge in [0.25, 0.3) is 5.91 Å². The van der Waals surface area contributed by atoms with Crippen molar-refractivity contribution in [2.24, 2.45) is 11.8 Å². The molecule has 3 atom stereocenters. The van der Waals surface area contributed by atoms with E-state index < -0.39 is 6.04 Å². The van der Waals surface area contributed by atoms with Crippen LogP contribution in [-0.4, -0.2) is 123 Å². The summed E-state index contributed by atoms with van der Waals surface area (Å²) >= 11 is 0. The SMILES string of the molecule is O=C(N[C@H](Cc1c[nH]c2ccccc12)c1nnc(CCCc2c[nH]c3ccccc23)n1Cc1ccccc1)C1CCNCC1.O=C(N[C@H](Cc1c[nH]c2ccccc12)c1nnc(CCCc2c[nH]c3ccccc23)n1Cc1ccccc1)c1ccccn1.O=C(N[C@H](Cc1c[nH]c2ccccc12)c1nnc(CCc2c[nH]c3ccccc23)n1Cc1cccc2ccccc12)C1CCOCC1. The molecule has 2 fully saturated rings. The van der Waals surface area contributed by atoms with Crippen molar-refractivity contribution in [3.05, 3.63) is 401 Å². The molecule has 2 saturated heterocycles. The van der Waals surface area contributed by atoms with Crippen LogP contribution in [0.3, 0.4) is 0 Å². The van der Waals surface area contributed by atoms with Crippen molar-refractivity contribution in [3.8, 4) is 0 Å². The third-order valence-electron chi connectivity index (χ3n) is 26.8. The minimum Gasteiger partial charge on any atom is -0.381 e. The maximum atomic E-state index is 13.8. The highest BCUT2D eigenvalue weighted by Crippen LogP contribution is 2.34. The molecule has 10 N–H and O–H groups in total. The Morgan fingerprint density at radius 2 is 0.681 bits per heavy atom. The lowest BCUT2D eigenvalue weighted by Gasteiger charge is -2.26. The lowest BCUT2D eigenvalue weighted by atomic mass is 9.96. The first-order valence-corrected chi connectivity index (χ1v) is 47.4. The molecule has 0 aliphatic carbocycles. The summed E-state index contributed by atoms with van der Waals surface area (Å²) in [5.74, 6) is 4.90. The Kier molecular flexibility index (Phi) is 27.0. The number of carbonyl (C=O) groups is 3. The molecule has 0 bridgehead atoms. The number of nitrogens with zero attached hydrogens (tertiary/aromatic N) is 10. The topological polar surface area (TPSA) is 308 Å². The number of benzene rings is 10. The second-order valence-electron chi connectivity index (χ2n) is 35.5. The zero-order valence-corrected chi connectivity index (χ0v) is 75.5. The van der Waals surface area contributed by atoms with Gasteiger partial charge in [-0.05, 0) is 180 Å². The number of H-pyrrole nitrogens is 6. The third kappa shape index (κ3) is 20.3. The van der Waals surface area contributed by atoms with Crippen LogP contribution in [0, 0.1) is 11.8 Å². The summed E-state index contributed by atoms with van der Waals surface area (Å²) in [7, 11) is 0. The number of aromatic nitrogens is 16. The van der Waals surface area contributed by atoms with Crippen molar-refractivity contribution < 1.29 is 19.1 Å². The van der Waals surface area contributed by atoms with Crippen LogP contribution in [0.4, 0.5) is 0 Å². The maximum absolute atomic E-state index is 13.8. The summed E-state index contributed by atoms with van der Waals surface area (Å²) in [5, 5.41) is 51.8. The molecule has 2 aliphatic heterocycles. The van der Waals surface area contributed by atoms with Gasteiger partial charge in [-0.2, -0.15) is 0 Å². The number of fused-ring (bicyclic) bond motifs is 7. The normalized spacial score (nSPS) is 13.8. The van der Waals surface area contributed by atoms with Crippen LogP contribution in [0.2, 0.25) is 0 Å². The molecule has 3 amide bonds. The van der Waals surface area contributed by atoms with Gasteiger partial charge in [0.15, 0.2) is 17.5 Å². The summed E-state index contributed by atoms with van der Waals surface area (Å²) in [6, 6.07) is 90.1. The molecular formula is C111H110N20O4. The average molecular weight is 1790 g/mol. The molecule has 0 spiro atoms. The average Bonchev–Trinajstić information content (AvgIpc) is 1.68. The molecule has 0 unspecified atom stereocenters. The van der Waals surface area contributed by atoms with E-state index in [1.807, 2.05) is 60.8 Å². The second kappa shape index (κ2) is 41.6. The van der Waals surface area contributed by atoms with Crippen LogP contribution in [-0.2, 0) is 91.7 Å². The van der Waals surface area contributed by atoms with Crippen LogP contribution < -0.4 is 21.3 Å². The van der Waals surface area contributed by atoms with Crippen molar-refractivity contribution in [3.63, 3.8) is 0 Å². The molecule has 10 aromatic heterocycles. The summed E-state index contributed by atoms with van der Waals surface area (Å²) in [6.07, 6.45) is 25.8. The fourth-order valence-electron chi connectivity index (χ4n) is 19.7. The largest absolute Gasteiger partial charge is 0.381 e. The molecule has 2 aliphatic rings. The van der Waals surface area contributed by atoms with Crippen LogP contribution >= 0.6 is 0 Å². The predicted octanol–water partition coefficient (Wildman–Crippen LogP) is 19.5. The number of ether oxygens (including phenoxy) is 1. The summed E-state index contributed by atoms with van der Waals surface area (Å²) in [5.41, 5.74) is 17.8. The smallest absolute Gasteiger partial charge is 0.270 e. The number of carbonyl (C=O) groups excluding carboxylic acids is 3. The number of rotatable bonds is 32. The number of aryl methyl sites for hydroxylation is 6. The third-order valence-corrected chi connectivity index (χ3v) is 26.8. The van der Waals surface area contributed by atoms with Gasteiger partial charge in [0.1, 0.15) is 23.2 Å². The van der Waals surface area contributed by atoms with Gasteiger partial charge in [0, 0.05) is 172 Å². The molecule has 12 heterocycles. The predicted molar refractivity (Wildman–Crippen MR) is 532 cm³/mol. The quantitative estimate of drug-likeness (QED) is 0.0188. The first-order chi connectivity index (χ1) is 66.7. The molecule has 20 aromatic rings. The summed E-state index contributed by atoms with van der Waals surface area (Å²) < 4.78 is 12.2. The standard InChI is InChI=1S/C39H38N6O2.C36H33N7O.C36H39N7O/c46-39(27-18-20-47-21-19-27)42-36(22-30-24-41-35-15-6-4-13-33(30)35)38-44-43-37(17-16-28-23-40-34-14-5-3-12-32(28)34)45(38)25-29-10-7-9-26-8-1-2-11-31(26)29;44-36(32-18-8-9-20-37-32)40-33(21-27-23-39-31-17-7-5-15-29(27)31)35-42-41-34(43(35)24-25-11-2-1-3-12-25)19-10-13-26-22-38-30-16-6-4-14-28(26)30;44-36(26-17-19-37-20-18-26)40-33(21-28-23-39-32-15-7-5-13-30(28)32)35-42-41-34(43(35)24-25-9-2-1-3-10-25)16-8-11-27-22-38-31-14-6-4-12-29(27)31/h1-15,23-24,27,36,40-41H,16-22,25H2,(H,42,46);1-9,11-12,14-18,20,22-23,33,38-39H,10,13,19,21,24H2,(H,40,44);1-7,9-10,12-15,22-23,26,33,37-39H,8,11,16-21,24H2,(H,40,44)/t36-;2*33-/m111/s1. The minimum atomic E-state index is -0.428. The van der Waals surface area contributed by atoms with Crippen LogP contribution in [0.1, 0.15) is 152 Å². The fourth-order valence-corrected chi connectivity index (χ4v) is 19.7. The zero-order chi connectivity index (χ0) is 91.0. The van der Waals surface area contributed by atoms with Crippen molar-refractivity contribution in [2.45, 2.75) is 134 Å². The minimum absolute atomic E-state index is 0.00265. The number of aromatic amines is 6. The van der Waals surface area contributed by atoms with Crippen molar-refractivity contribution >= 4 is 93.9 Å². The number of hydrogen-bond acceptors (Lipinski definition) is 12. The second-order valence-corrected chi connectivity index (χ2v) is 35.5. The zero-order valence-electron chi connectivity index (χ0n) is 75.5. The first kappa shape index (κ1) is 87.6. The number of para-hydroxylation sites is 6. The number of hydrogen-bond donors (Lipinski definition) is 10. The van der Waals surface area contributed by atoms with E-state index in [1.165, 1.54) is 65.7 Å². The monoisotopic (exact) mass is 1790 g/mol. The summed E-state index contributed by atoms with van der Waals surface area (Å²) in [6.45, 7) is 4.83. The Bertz CT molecular complexity index is 7400. The van der Waals surface area contributed by atoms with Gasteiger partial charge < -0.3 is 69.6 Å². The van der Waals surface area contributed by atoms with E-state index in [1.54, 1.807) is 18.3 Å². The Labute approximate surface area is 782 Å². The molecule has 24 nitrogen and oxygen atoms in total. The van der Waals surface area contributed by atoms with Crippen LogP contribution in [0.15, 0.2) is 310 Å². The Balaban J connectivity index is 0.000000126. The Hall–Kier alpha value is -15.4. The number of amides is 3. The molecule has 0 radical (unpaired) electrons. The molecule has 678 valence electrons. The van der Waals surface area contributed by atoms with Crippen molar-refractivity contribution in [2.75, 3.05) is 26.3 Å². The van der Waals surface area contributed by atoms with Gasteiger partial charge >= 0.3 is 0 Å². The van der Waals surface area contributed by atoms with E-state index in [0.717, 1.165) is 179 Å². The van der Waals surface area contributed by atoms with Crippen molar-refractivity contribution in [1.82, 2.24) is 100 Å². The highest BCUT2D eigenvalue weighted by Gasteiger charge is 2.33. The lowest BCUT2D eigenvalue weighted by Crippen LogP contribution is -2.41. The molecule has 0 saturated carbocycles. The van der Waals surface area contributed by atoms with Crippen molar-refractivity contribution in [1.29, 1.82) is 0 Å². The van der Waals surface area contributed by atoms with Crippen LogP contribution in [0.25, 0.3) is 76.2 Å². The summed E-state index contributed by atoms with van der Waals surface area (Å²) in [4.78, 5) is 65.6. The van der Waals surface area contributed by atoms with Gasteiger partial charge in [0.2, 0.25) is 11.8 Å². The highest BCUT2D eigenvalue weighted by molar-refractivity contribution is 5.93. The van der Waals surface area contributed by atoms with Crippen LogP contribution in [0.5, 0.6) is 0 Å². The van der Waals surface area contributed by atoms with E-state index in [-0.39, 0.29) is 41.6 Å². The molecule has 22 rings (SSSR count). The van der Waals surface area contributed by atoms with Gasteiger partial charge in [-0.1, -0.05) is 218 Å². The fraction of sp³-hybridized carbons (Fsp3) is 0.243. The molecule has 135 heavy (non-hydrogen) atoms. The Morgan fingerprint density at radius 1 is 0.326 bits per heavy atom. The van der Waals surface area contributed by atoms with Gasteiger partial charge in [-0.15, -0.1) is 30.6 Å². The Morgan fingerprint density at radius 3 is 1.12 bits per heavy atom.